The molecule has 94 valence electrons. The van der Waals surface area contributed by atoms with Gasteiger partial charge in [0, 0.05) is 16.6 Å². The number of carbonyl (C=O) groups is 1. The quantitative estimate of drug-likeness (QED) is 0.841. The average Bonchev–Trinajstić information content (AvgIpc) is 2.31. The number of aliphatic hydroxyl groups excluding tert-OH is 1. The van der Waals surface area contributed by atoms with E-state index in [4.69, 9.17) is 21.4 Å². The Morgan fingerprint density at radius 3 is 2.94 bits per heavy atom. The molecule has 0 saturated heterocycles. The third-order valence-corrected chi connectivity index (χ3v) is 2.67. The standard InChI is InChI=1S/C12H16ClNO3/c1-8(6-15)14-12(16)7-17-11-5-3-4-10(13)9(11)2/h3-5,8,15H,6-7H2,1-2H3,(H,14,16). The smallest absolute Gasteiger partial charge is 0.258 e. The van der Waals surface area contributed by atoms with Crippen molar-refractivity contribution in [1.82, 2.24) is 5.32 Å². The van der Waals surface area contributed by atoms with Gasteiger partial charge in [-0.2, -0.15) is 0 Å². The minimum Gasteiger partial charge on any atom is -0.483 e. The Morgan fingerprint density at radius 2 is 2.29 bits per heavy atom. The lowest BCUT2D eigenvalue weighted by Gasteiger charge is -2.13. The van der Waals surface area contributed by atoms with Gasteiger partial charge in [0.25, 0.3) is 5.91 Å². The minimum atomic E-state index is -0.272. The van der Waals surface area contributed by atoms with Gasteiger partial charge in [-0.05, 0) is 26.0 Å². The minimum absolute atomic E-state index is 0.0917. The van der Waals surface area contributed by atoms with E-state index >= 15 is 0 Å². The number of benzene rings is 1. The van der Waals surface area contributed by atoms with E-state index in [9.17, 15) is 4.79 Å². The normalized spacial score (nSPS) is 12.0. The molecule has 2 N–H and O–H groups in total. The monoisotopic (exact) mass is 257 g/mol. The van der Waals surface area contributed by atoms with Gasteiger partial charge in [-0.3, -0.25) is 4.79 Å². The molecule has 0 heterocycles. The van der Waals surface area contributed by atoms with Crippen molar-refractivity contribution in [3.8, 4) is 5.75 Å². The number of halogens is 1. The molecule has 0 aliphatic carbocycles. The number of aliphatic hydroxyl groups is 1. The van der Waals surface area contributed by atoms with Crippen LogP contribution in [0.3, 0.4) is 0 Å². The molecule has 1 rings (SSSR count). The summed E-state index contributed by atoms with van der Waals surface area (Å²) >= 11 is 5.92. The van der Waals surface area contributed by atoms with Crippen LogP contribution in [0.15, 0.2) is 18.2 Å². The molecule has 1 aromatic rings. The Morgan fingerprint density at radius 1 is 1.59 bits per heavy atom. The van der Waals surface area contributed by atoms with Gasteiger partial charge in [-0.1, -0.05) is 17.7 Å². The Labute approximate surface area is 106 Å². The molecular formula is C12H16ClNO3. The van der Waals surface area contributed by atoms with Crippen LogP contribution in [0.5, 0.6) is 5.75 Å². The summed E-state index contributed by atoms with van der Waals surface area (Å²) in [6.45, 7) is 3.35. The van der Waals surface area contributed by atoms with E-state index < -0.39 is 0 Å². The van der Waals surface area contributed by atoms with Gasteiger partial charge < -0.3 is 15.2 Å². The molecule has 0 saturated carbocycles. The average molecular weight is 258 g/mol. The molecule has 0 spiro atoms. The third-order valence-electron chi connectivity index (χ3n) is 2.26. The van der Waals surface area contributed by atoms with Crippen LogP contribution in [0.1, 0.15) is 12.5 Å². The fourth-order valence-electron chi connectivity index (χ4n) is 1.25. The summed E-state index contributed by atoms with van der Waals surface area (Å²) < 4.78 is 5.35. The maximum atomic E-state index is 11.4. The van der Waals surface area contributed by atoms with E-state index in [2.05, 4.69) is 5.32 Å². The zero-order valence-corrected chi connectivity index (χ0v) is 10.6. The van der Waals surface area contributed by atoms with Gasteiger partial charge in [0.05, 0.1) is 6.61 Å². The van der Waals surface area contributed by atoms with E-state index in [1.165, 1.54) is 0 Å². The van der Waals surface area contributed by atoms with Crippen LogP contribution in [-0.4, -0.2) is 30.3 Å². The molecule has 17 heavy (non-hydrogen) atoms. The Balaban J connectivity index is 2.50. The molecule has 1 amide bonds. The third kappa shape index (κ3) is 4.24. The van der Waals surface area contributed by atoms with Crippen LogP contribution < -0.4 is 10.1 Å². The number of ether oxygens (including phenoxy) is 1. The Kier molecular flexibility index (Phi) is 5.25. The summed E-state index contributed by atoms with van der Waals surface area (Å²) in [5.74, 6) is 0.315. The van der Waals surface area contributed by atoms with Crippen molar-refractivity contribution in [3.05, 3.63) is 28.8 Å². The molecular weight excluding hydrogens is 242 g/mol. The SMILES string of the molecule is Cc1c(Cl)cccc1OCC(=O)NC(C)CO. The molecule has 0 aliphatic heterocycles. The number of nitrogens with one attached hydrogen (secondary N) is 1. The molecule has 0 aromatic heterocycles. The Hall–Kier alpha value is -1.26. The van der Waals surface area contributed by atoms with Crippen LogP contribution in [-0.2, 0) is 4.79 Å². The van der Waals surface area contributed by atoms with Crippen molar-refractivity contribution in [2.24, 2.45) is 0 Å². The van der Waals surface area contributed by atoms with Crippen molar-refractivity contribution in [3.63, 3.8) is 0 Å². The second kappa shape index (κ2) is 6.47. The van der Waals surface area contributed by atoms with Crippen LogP contribution in [0.2, 0.25) is 5.02 Å². The lowest BCUT2D eigenvalue weighted by atomic mass is 10.2. The van der Waals surface area contributed by atoms with Crippen LogP contribution >= 0.6 is 11.6 Å². The molecule has 0 aliphatic rings. The van der Waals surface area contributed by atoms with Crippen molar-refractivity contribution in [1.29, 1.82) is 0 Å². The lowest BCUT2D eigenvalue weighted by Crippen LogP contribution is -2.38. The summed E-state index contributed by atoms with van der Waals surface area (Å²) in [4.78, 5) is 11.4. The van der Waals surface area contributed by atoms with E-state index in [1.807, 2.05) is 6.92 Å². The highest BCUT2D eigenvalue weighted by Gasteiger charge is 2.08. The number of hydrogen-bond acceptors (Lipinski definition) is 3. The number of amides is 1. The maximum absolute atomic E-state index is 11.4. The fourth-order valence-corrected chi connectivity index (χ4v) is 1.42. The summed E-state index contributed by atoms with van der Waals surface area (Å²) in [7, 11) is 0. The van der Waals surface area contributed by atoms with Gasteiger partial charge in [0.1, 0.15) is 5.75 Å². The molecule has 1 atom stereocenters. The first-order chi connectivity index (χ1) is 8.04. The molecule has 0 fully saturated rings. The highest BCUT2D eigenvalue weighted by atomic mass is 35.5. The van der Waals surface area contributed by atoms with E-state index in [1.54, 1.807) is 25.1 Å². The molecule has 1 unspecified atom stereocenters. The summed E-state index contributed by atoms with van der Waals surface area (Å²) in [5.41, 5.74) is 0.803. The van der Waals surface area contributed by atoms with Crippen molar-refractivity contribution < 1.29 is 14.6 Å². The molecule has 1 aromatic carbocycles. The highest BCUT2D eigenvalue weighted by Crippen LogP contribution is 2.24. The van der Waals surface area contributed by atoms with Gasteiger partial charge in [-0.25, -0.2) is 0 Å². The largest absolute Gasteiger partial charge is 0.483 e. The van der Waals surface area contributed by atoms with Crippen LogP contribution in [0.25, 0.3) is 0 Å². The first-order valence-corrected chi connectivity index (χ1v) is 5.70. The zero-order chi connectivity index (χ0) is 12.8. The topological polar surface area (TPSA) is 58.6 Å². The number of carbonyl (C=O) groups excluding carboxylic acids is 1. The van der Waals surface area contributed by atoms with E-state index in [0.29, 0.717) is 10.8 Å². The first kappa shape index (κ1) is 13.8. The summed E-state index contributed by atoms with van der Waals surface area (Å²) in [6, 6.07) is 5.01. The second-order valence-electron chi connectivity index (χ2n) is 3.80. The molecule has 4 nitrogen and oxygen atoms in total. The Bertz CT molecular complexity index is 395. The summed E-state index contributed by atoms with van der Waals surface area (Å²) in [5, 5.41) is 12.0. The fraction of sp³-hybridized carbons (Fsp3) is 0.417. The van der Waals surface area contributed by atoms with Gasteiger partial charge in [0.2, 0.25) is 0 Å². The lowest BCUT2D eigenvalue weighted by molar-refractivity contribution is -0.124. The molecule has 5 heteroatoms. The molecule has 0 bridgehead atoms. The van der Waals surface area contributed by atoms with Gasteiger partial charge in [-0.15, -0.1) is 0 Å². The predicted octanol–water partition coefficient (Wildman–Crippen LogP) is 1.52. The van der Waals surface area contributed by atoms with Crippen molar-refractivity contribution in [2.75, 3.05) is 13.2 Å². The van der Waals surface area contributed by atoms with E-state index in [-0.39, 0.29) is 25.2 Å². The zero-order valence-electron chi connectivity index (χ0n) is 9.87. The van der Waals surface area contributed by atoms with Crippen LogP contribution in [0.4, 0.5) is 0 Å². The van der Waals surface area contributed by atoms with Crippen molar-refractivity contribution >= 4 is 17.5 Å². The van der Waals surface area contributed by atoms with Crippen molar-refractivity contribution in [2.45, 2.75) is 19.9 Å². The number of rotatable bonds is 5. The number of hydrogen-bond donors (Lipinski definition) is 2. The van der Waals surface area contributed by atoms with Gasteiger partial charge >= 0.3 is 0 Å². The molecule has 0 radical (unpaired) electrons. The van der Waals surface area contributed by atoms with Crippen LogP contribution in [0, 0.1) is 6.92 Å². The second-order valence-corrected chi connectivity index (χ2v) is 4.21. The van der Waals surface area contributed by atoms with E-state index in [0.717, 1.165) is 5.56 Å². The maximum Gasteiger partial charge on any atom is 0.258 e. The highest BCUT2D eigenvalue weighted by molar-refractivity contribution is 6.31. The first-order valence-electron chi connectivity index (χ1n) is 5.32. The summed E-state index contributed by atoms with van der Waals surface area (Å²) in [6.07, 6.45) is 0. The van der Waals surface area contributed by atoms with Gasteiger partial charge in [0.15, 0.2) is 6.61 Å². The predicted molar refractivity (Wildman–Crippen MR) is 66.4 cm³/mol.